The number of amides is 1. The number of hydrogen-bond donors (Lipinski definition) is 2. The van der Waals surface area contributed by atoms with Gasteiger partial charge in [0.25, 0.3) is 0 Å². The Kier molecular flexibility index (Phi) is 7.66. The maximum atomic E-state index is 13.1. The molecule has 0 bridgehead atoms. The highest BCUT2D eigenvalue weighted by Crippen LogP contribution is 2.16. The normalized spacial score (nSPS) is 10.9. The fourth-order valence-electron chi connectivity index (χ4n) is 1.74. The molecule has 1 rings (SSSR count). The van der Waals surface area contributed by atoms with Crippen LogP contribution < -0.4 is 11.1 Å². The summed E-state index contributed by atoms with van der Waals surface area (Å²) in [4.78, 5) is 13.9. The van der Waals surface area contributed by atoms with Gasteiger partial charge in [-0.3, -0.25) is 9.69 Å². The molecule has 0 aliphatic heterocycles. The maximum Gasteiger partial charge on any atom is 0.238 e. The smallest absolute Gasteiger partial charge is 0.238 e. The first-order chi connectivity index (χ1) is 10.1. The van der Waals surface area contributed by atoms with Gasteiger partial charge in [0, 0.05) is 33.0 Å². The van der Waals surface area contributed by atoms with E-state index in [-0.39, 0.29) is 18.1 Å². The number of nitrogens with two attached hydrogens (primary N) is 1. The van der Waals surface area contributed by atoms with E-state index in [1.807, 2.05) is 4.90 Å². The summed E-state index contributed by atoms with van der Waals surface area (Å²) in [5, 5.41) is 2.68. The number of rotatable bonds is 9. The highest BCUT2D eigenvalue weighted by Gasteiger charge is 2.11. The van der Waals surface area contributed by atoms with Gasteiger partial charge in [-0.15, -0.1) is 0 Å². The van der Waals surface area contributed by atoms with E-state index >= 15 is 0 Å². The van der Waals surface area contributed by atoms with Crippen LogP contribution in [0.1, 0.15) is 0 Å². The van der Waals surface area contributed by atoms with Gasteiger partial charge in [-0.25, -0.2) is 4.39 Å². The van der Waals surface area contributed by atoms with Crippen LogP contribution in [0.4, 0.5) is 15.8 Å². The number of carbonyl (C=O) groups is 1. The molecule has 21 heavy (non-hydrogen) atoms. The van der Waals surface area contributed by atoms with E-state index < -0.39 is 5.82 Å². The molecule has 7 heteroatoms. The number of nitrogens with one attached hydrogen (secondary N) is 1. The first kappa shape index (κ1) is 17.4. The monoisotopic (exact) mass is 299 g/mol. The van der Waals surface area contributed by atoms with Crippen molar-refractivity contribution in [2.75, 3.05) is 58.1 Å². The Balaban J connectivity index is 2.53. The van der Waals surface area contributed by atoms with Crippen molar-refractivity contribution in [2.24, 2.45) is 0 Å². The van der Waals surface area contributed by atoms with Gasteiger partial charge in [-0.05, 0) is 18.2 Å². The minimum absolute atomic E-state index is 0.00317. The molecule has 0 fully saturated rings. The van der Waals surface area contributed by atoms with E-state index in [4.69, 9.17) is 15.2 Å². The van der Waals surface area contributed by atoms with Crippen molar-refractivity contribution in [1.29, 1.82) is 0 Å². The molecule has 0 radical (unpaired) electrons. The van der Waals surface area contributed by atoms with Gasteiger partial charge < -0.3 is 20.5 Å². The van der Waals surface area contributed by atoms with E-state index in [0.29, 0.717) is 32.0 Å². The second-order valence-corrected chi connectivity index (χ2v) is 4.55. The van der Waals surface area contributed by atoms with Crippen molar-refractivity contribution in [3.05, 3.63) is 24.0 Å². The summed E-state index contributed by atoms with van der Waals surface area (Å²) in [5.74, 6) is -0.706. The van der Waals surface area contributed by atoms with E-state index in [0.717, 1.165) is 0 Å². The van der Waals surface area contributed by atoms with Crippen LogP contribution in [0.5, 0.6) is 0 Å². The van der Waals surface area contributed by atoms with Gasteiger partial charge in [0.1, 0.15) is 5.82 Å². The first-order valence-corrected chi connectivity index (χ1v) is 6.62. The average Bonchev–Trinajstić information content (AvgIpc) is 2.45. The zero-order valence-electron chi connectivity index (χ0n) is 12.4. The summed E-state index contributed by atoms with van der Waals surface area (Å²) in [7, 11) is 3.21. The quantitative estimate of drug-likeness (QED) is 0.664. The molecule has 0 aliphatic rings. The third-order valence-electron chi connectivity index (χ3n) is 2.87. The number of carbonyl (C=O) groups excluding carboxylic acids is 1. The zero-order chi connectivity index (χ0) is 15.7. The minimum atomic E-state index is -0.505. The number of benzene rings is 1. The Morgan fingerprint density at radius 2 is 1.90 bits per heavy atom. The third kappa shape index (κ3) is 6.52. The fourth-order valence-corrected chi connectivity index (χ4v) is 1.74. The number of nitrogens with zero attached hydrogens (tertiary/aromatic N) is 1. The number of ether oxygens (including phenoxy) is 2. The van der Waals surface area contributed by atoms with Crippen LogP contribution in [0.3, 0.4) is 0 Å². The summed E-state index contributed by atoms with van der Waals surface area (Å²) in [6.07, 6.45) is 0. The second kappa shape index (κ2) is 9.28. The first-order valence-electron chi connectivity index (χ1n) is 6.62. The summed E-state index contributed by atoms with van der Waals surface area (Å²) in [6, 6.07) is 4.08. The number of hydrogen-bond acceptors (Lipinski definition) is 5. The zero-order valence-corrected chi connectivity index (χ0v) is 12.4. The Hall–Kier alpha value is -1.70. The molecular weight excluding hydrogens is 277 g/mol. The number of methoxy groups -OCH3 is 2. The molecule has 1 aromatic carbocycles. The fraction of sp³-hybridized carbons (Fsp3) is 0.500. The average molecular weight is 299 g/mol. The molecule has 0 unspecified atom stereocenters. The lowest BCUT2D eigenvalue weighted by Crippen LogP contribution is -2.37. The molecule has 0 saturated carbocycles. The van der Waals surface area contributed by atoms with E-state index in [9.17, 15) is 9.18 Å². The lowest BCUT2D eigenvalue weighted by molar-refractivity contribution is -0.117. The number of nitrogen functional groups attached to an aromatic ring is 1. The predicted molar refractivity (Wildman–Crippen MR) is 79.6 cm³/mol. The molecule has 1 aromatic rings. The Morgan fingerprint density at radius 3 is 2.43 bits per heavy atom. The summed E-state index contributed by atoms with van der Waals surface area (Å²) >= 11 is 0. The molecule has 1 amide bonds. The van der Waals surface area contributed by atoms with E-state index in [2.05, 4.69) is 5.32 Å². The largest absolute Gasteiger partial charge is 0.396 e. The molecule has 0 spiro atoms. The highest BCUT2D eigenvalue weighted by molar-refractivity contribution is 5.92. The standard InChI is InChI=1S/C14H22FN3O3/c1-20-7-5-18(6-8-21-2)10-14(19)17-11-3-4-12(15)13(16)9-11/h3-4,9H,5-8,10,16H2,1-2H3,(H,17,19). The lowest BCUT2D eigenvalue weighted by Gasteiger charge is -2.21. The van der Waals surface area contributed by atoms with Gasteiger partial charge >= 0.3 is 0 Å². The molecule has 0 saturated heterocycles. The minimum Gasteiger partial charge on any atom is -0.396 e. The Bertz CT molecular complexity index is 449. The molecule has 0 aromatic heterocycles. The molecule has 0 heterocycles. The molecule has 0 atom stereocenters. The highest BCUT2D eigenvalue weighted by atomic mass is 19.1. The van der Waals surface area contributed by atoms with Gasteiger partial charge in [0.2, 0.25) is 5.91 Å². The summed E-state index contributed by atoms with van der Waals surface area (Å²) in [6.45, 7) is 2.50. The van der Waals surface area contributed by atoms with Crippen molar-refractivity contribution < 1.29 is 18.7 Å². The Morgan fingerprint density at radius 1 is 1.29 bits per heavy atom. The molecular formula is C14H22FN3O3. The molecule has 118 valence electrons. The van der Waals surface area contributed by atoms with Crippen molar-refractivity contribution in [1.82, 2.24) is 4.90 Å². The molecule has 6 nitrogen and oxygen atoms in total. The molecule has 0 aliphatic carbocycles. The van der Waals surface area contributed by atoms with Crippen LogP contribution in [0.15, 0.2) is 18.2 Å². The van der Waals surface area contributed by atoms with Crippen LogP contribution in [-0.2, 0) is 14.3 Å². The van der Waals surface area contributed by atoms with Crippen molar-refractivity contribution in [2.45, 2.75) is 0 Å². The number of halogens is 1. The van der Waals surface area contributed by atoms with Crippen LogP contribution in [0.25, 0.3) is 0 Å². The van der Waals surface area contributed by atoms with Gasteiger partial charge in [0.05, 0.1) is 25.4 Å². The number of anilines is 2. The summed E-state index contributed by atoms with van der Waals surface area (Å²) < 4.78 is 23.1. The molecule has 3 N–H and O–H groups in total. The van der Waals surface area contributed by atoms with Gasteiger partial charge in [0.15, 0.2) is 0 Å². The topological polar surface area (TPSA) is 76.8 Å². The van der Waals surface area contributed by atoms with Gasteiger partial charge in [-0.2, -0.15) is 0 Å². The van der Waals surface area contributed by atoms with Crippen LogP contribution >= 0.6 is 0 Å². The SMILES string of the molecule is COCCN(CCOC)CC(=O)Nc1ccc(F)c(N)c1. The summed E-state index contributed by atoms with van der Waals surface area (Å²) in [5.41, 5.74) is 5.93. The van der Waals surface area contributed by atoms with Crippen LogP contribution in [0.2, 0.25) is 0 Å². The van der Waals surface area contributed by atoms with Crippen molar-refractivity contribution in [3.8, 4) is 0 Å². The van der Waals surface area contributed by atoms with Crippen molar-refractivity contribution >= 4 is 17.3 Å². The van der Waals surface area contributed by atoms with Crippen LogP contribution in [-0.4, -0.2) is 57.9 Å². The maximum absolute atomic E-state index is 13.1. The van der Waals surface area contributed by atoms with Crippen LogP contribution in [0, 0.1) is 5.82 Å². The third-order valence-corrected chi connectivity index (χ3v) is 2.87. The van der Waals surface area contributed by atoms with Crippen molar-refractivity contribution in [3.63, 3.8) is 0 Å². The predicted octanol–water partition coefficient (Wildman–Crippen LogP) is 0.941. The second-order valence-electron chi connectivity index (χ2n) is 4.55. The lowest BCUT2D eigenvalue weighted by atomic mass is 10.2. The van der Waals surface area contributed by atoms with Gasteiger partial charge in [-0.1, -0.05) is 0 Å². The Labute approximate surface area is 124 Å². The van der Waals surface area contributed by atoms with E-state index in [1.165, 1.54) is 18.2 Å². The van der Waals surface area contributed by atoms with E-state index in [1.54, 1.807) is 14.2 Å².